The SMILES string of the molecule is COc1ccccc1CCN(C)CCCCO. The van der Waals surface area contributed by atoms with Gasteiger partial charge >= 0.3 is 0 Å². The summed E-state index contributed by atoms with van der Waals surface area (Å²) in [6.45, 7) is 2.35. The molecule has 0 atom stereocenters. The molecule has 0 saturated carbocycles. The molecule has 0 heterocycles. The van der Waals surface area contributed by atoms with Gasteiger partial charge in [-0.05, 0) is 44.5 Å². The molecule has 0 spiro atoms. The predicted molar refractivity (Wildman–Crippen MR) is 70.5 cm³/mol. The van der Waals surface area contributed by atoms with Crippen LogP contribution >= 0.6 is 0 Å². The van der Waals surface area contributed by atoms with Crippen LogP contribution in [0.2, 0.25) is 0 Å². The highest BCUT2D eigenvalue weighted by Gasteiger charge is 2.03. The van der Waals surface area contributed by atoms with Gasteiger partial charge in [-0.1, -0.05) is 18.2 Å². The van der Waals surface area contributed by atoms with Crippen molar-refractivity contribution in [3.63, 3.8) is 0 Å². The quantitative estimate of drug-likeness (QED) is 0.701. The smallest absolute Gasteiger partial charge is 0.122 e. The van der Waals surface area contributed by atoms with Gasteiger partial charge in [0.1, 0.15) is 5.75 Å². The first-order valence-corrected chi connectivity index (χ1v) is 6.19. The molecule has 0 saturated heterocycles. The van der Waals surface area contributed by atoms with E-state index in [1.807, 2.05) is 18.2 Å². The molecule has 17 heavy (non-hydrogen) atoms. The molecule has 0 bridgehead atoms. The van der Waals surface area contributed by atoms with Crippen LogP contribution in [-0.2, 0) is 6.42 Å². The summed E-state index contributed by atoms with van der Waals surface area (Å²) in [6, 6.07) is 8.15. The number of unbranched alkanes of at least 4 members (excludes halogenated alkanes) is 1. The highest BCUT2D eigenvalue weighted by Crippen LogP contribution is 2.17. The Morgan fingerprint density at radius 3 is 2.65 bits per heavy atom. The van der Waals surface area contributed by atoms with E-state index in [1.54, 1.807) is 7.11 Å². The molecule has 0 radical (unpaired) electrons. The number of likely N-dealkylation sites (N-methyl/N-ethyl adjacent to an activating group) is 1. The molecular formula is C14H23NO2. The lowest BCUT2D eigenvalue weighted by molar-refractivity contribution is 0.264. The van der Waals surface area contributed by atoms with E-state index in [9.17, 15) is 0 Å². The van der Waals surface area contributed by atoms with Gasteiger partial charge in [0.15, 0.2) is 0 Å². The lowest BCUT2D eigenvalue weighted by Crippen LogP contribution is -2.22. The minimum absolute atomic E-state index is 0.292. The average molecular weight is 237 g/mol. The number of para-hydroxylation sites is 1. The molecule has 1 N–H and O–H groups in total. The second-order valence-corrected chi connectivity index (χ2v) is 4.30. The summed E-state index contributed by atoms with van der Waals surface area (Å²) in [4.78, 5) is 2.29. The molecule has 1 aromatic carbocycles. The third-order valence-corrected chi connectivity index (χ3v) is 2.90. The number of ether oxygens (including phenoxy) is 1. The van der Waals surface area contributed by atoms with Crippen molar-refractivity contribution in [3.05, 3.63) is 29.8 Å². The van der Waals surface area contributed by atoms with E-state index in [0.29, 0.717) is 6.61 Å². The fourth-order valence-electron chi connectivity index (χ4n) is 1.83. The van der Waals surface area contributed by atoms with Gasteiger partial charge in [-0.15, -0.1) is 0 Å². The molecule has 3 nitrogen and oxygen atoms in total. The van der Waals surface area contributed by atoms with Crippen molar-refractivity contribution >= 4 is 0 Å². The Labute approximate surface area is 104 Å². The molecule has 1 aromatic rings. The normalized spacial score (nSPS) is 10.8. The lowest BCUT2D eigenvalue weighted by Gasteiger charge is -2.17. The van der Waals surface area contributed by atoms with E-state index < -0.39 is 0 Å². The first-order chi connectivity index (χ1) is 8.27. The van der Waals surface area contributed by atoms with Crippen LogP contribution in [-0.4, -0.2) is 43.9 Å². The summed E-state index contributed by atoms with van der Waals surface area (Å²) in [5.74, 6) is 0.969. The highest BCUT2D eigenvalue weighted by atomic mass is 16.5. The van der Waals surface area contributed by atoms with Crippen LogP contribution in [0, 0.1) is 0 Å². The molecule has 0 amide bonds. The minimum atomic E-state index is 0.292. The van der Waals surface area contributed by atoms with Gasteiger partial charge in [0, 0.05) is 13.2 Å². The lowest BCUT2D eigenvalue weighted by atomic mass is 10.1. The van der Waals surface area contributed by atoms with Crippen molar-refractivity contribution in [2.24, 2.45) is 0 Å². The summed E-state index contributed by atoms with van der Waals surface area (Å²) < 4.78 is 5.32. The Balaban J connectivity index is 2.33. The van der Waals surface area contributed by atoms with E-state index in [1.165, 1.54) is 5.56 Å². The van der Waals surface area contributed by atoms with E-state index in [4.69, 9.17) is 9.84 Å². The van der Waals surface area contributed by atoms with E-state index >= 15 is 0 Å². The van der Waals surface area contributed by atoms with Crippen molar-refractivity contribution in [3.8, 4) is 5.75 Å². The van der Waals surface area contributed by atoms with Crippen molar-refractivity contribution in [1.82, 2.24) is 4.90 Å². The van der Waals surface area contributed by atoms with Gasteiger partial charge in [-0.25, -0.2) is 0 Å². The predicted octanol–water partition coefficient (Wildman–Crippen LogP) is 1.94. The largest absolute Gasteiger partial charge is 0.496 e. The van der Waals surface area contributed by atoms with Crippen molar-refractivity contribution in [2.75, 3.05) is 33.9 Å². The van der Waals surface area contributed by atoms with Gasteiger partial charge < -0.3 is 14.7 Å². The number of aliphatic hydroxyl groups is 1. The minimum Gasteiger partial charge on any atom is -0.496 e. The highest BCUT2D eigenvalue weighted by molar-refractivity contribution is 5.33. The van der Waals surface area contributed by atoms with Crippen LogP contribution in [0.4, 0.5) is 0 Å². The second kappa shape index (κ2) is 8.09. The first kappa shape index (κ1) is 14.0. The maximum Gasteiger partial charge on any atom is 0.122 e. The molecule has 3 heteroatoms. The summed E-state index contributed by atoms with van der Waals surface area (Å²) in [5, 5.41) is 8.72. The average Bonchev–Trinajstić information content (AvgIpc) is 2.37. The summed E-state index contributed by atoms with van der Waals surface area (Å²) in [7, 11) is 3.83. The number of hydrogen-bond donors (Lipinski definition) is 1. The summed E-state index contributed by atoms with van der Waals surface area (Å²) in [5.41, 5.74) is 1.25. The van der Waals surface area contributed by atoms with Crippen LogP contribution < -0.4 is 4.74 Å². The number of rotatable bonds is 8. The topological polar surface area (TPSA) is 32.7 Å². The van der Waals surface area contributed by atoms with Gasteiger partial charge in [-0.3, -0.25) is 0 Å². The van der Waals surface area contributed by atoms with Crippen LogP contribution in [0.1, 0.15) is 18.4 Å². The number of benzene rings is 1. The van der Waals surface area contributed by atoms with Crippen LogP contribution in [0.15, 0.2) is 24.3 Å². The summed E-state index contributed by atoms with van der Waals surface area (Å²) in [6.07, 6.45) is 2.94. The van der Waals surface area contributed by atoms with Crippen molar-refractivity contribution in [2.45, 2.75) is 19.3 Å². The number of aliphatic hydroxyl groups excluding tert-OH is 1. The fourth-order valence-corrected chi connectivity index (χ4v) is 1.83. The Bertz CT molecular complexity index is 315. The Hall–Kier alpha value is -1.06. The Morgan fingerprint density at radius 2 is 1.94 bits per heavy atom. The zero-order chi connectivity index (χ0) is 12.5. The number of nitrogens with zero attached hydrogens (tertiary/aromatic N) is 1. The molecule has 0 aliphatic rings. The Morgan fingerprint density at radius 1 is 1.18 bits per heavy atom. The van der Waals surface area contributed by atoms with E-state index in [0.717, 1.165) is 38.1 Å². The fraction of sp³-hybridized carbons (Fsp3) is 0.571. The molecule has 0 unspecified atom stereocenters. The van der Waals surface area contributed by atoms with Gasteiger partial charge in [0.05, 0.1) is 7.11 Å². The molecule has 1 rings (SSSR count). The maximum atomic E-state index is 8.72. The van der Waals surface area contributed by atoms with Crippen LogP contribution in [0.3, 0.4) is 0 Å². The van der Waals surface area contributed by atoms with Gasteiger partial charge in [-0.2, -0.15) is 0 Å². The molecule has 96 valence electrons. The van der Waals surface area contributed by atoms with Gasteiger partial charge in [0.25, 0.3) is 0 Å². The number of hydrogen-bond acceptors (Lipinski definition) is 3. The monoisotopic (exact) mass is 237 g/mol. The third-order valence-electron chi connectivity index (χ3n) is 2.90. The zero-order valence-electron chi connectivity index (χ0n) is 10.9. The summed E-state index contributed by atoms with van der Waals surface area (Å²) >= 11 is 0. The maximum absolute atomic E-state index is 8.72. The number of methoxy groups -OCH3 is 1. The first-order valence-electron chi connectivity index (χ1n) is 6.19. The molecule has 0 aromatic heterocycles. The van der Waals surface area contributed by atoms with E-state index in [-0.39, 0.29) is 0 Å². The molecule has 0 fully saturated rings. The zero-order valence-corrected chi connectivity index (χ0v) is 10.9. The van der Waals surface area contributed by atoms with E-state index in [2.05, 4.69) is 18.0 Å². The molecule has 0 aliphatic heterocycles. The van der Waals surface area contributed by atoms with Crippen molar-refractivity contribution in [1.29, 1.82) is 0 Å². The molecule has 0 aliphatic carbocycles. The van der Waals surface area contributed by atoms with Crippen molar-refractivity contribution < 1.29 is 9.84 Å². The third kappa shape index (κ3) is 5.20. The molecular weight excluding hydrogens is 214 g/mol. The van der Waals surface area contributed by atoms with Crippen LogP contribution in [0.5, 0.6) is 5.75 Å². The van der Waals surface area contributed by atoms with Gasteiger partial charge in [0.2, 0.25) is 0 Å². The standard InChI is InChI=1S/C14H23NO2/c1-15(10-5-6-12-16)11-9-13-7-3-4-8-14(13)17-2/h3-4,7-8,16H,5-6,9-12H2,1-2H3. The second-order valence-electron chi connectivity index (χ2n) is 4.30. The Kier molecular flexibility index (Phi) is 6.67. The van der Waals surface area contributed by atoms with Crippen LogP contribution in [0.25, 0.3) is 0 Å².